The molecular formula is C22H34N5O4P. The second kappa shape index (κ2) is 11.9. The molecule has 0 radical (unpaired) electrons. The van der Waals surface area contributed by atoms with Crippen LogP contribution in [0, 0.1) is 11.8 Å². The largest absolute Gasteiger partial charge is 0.368 e. The summed E-state index contributed by atoms with van der Waals surface area (Å²) in [5.74, 6) is -2.78. The van der Waals surface area contributed by atoms with Gasteiger partial charge >= 0.3 is 0 Å². The lowest BCUT2D eigenvalue weighted by molar-refractivity contribution is -0.129. The summed E-state index contributed by atoms with van der Waals surface area (Å²) < 4.78 is 13.1. The molecule has 1 aromatic heterocycles. The summed E-state index contributed by atoms with van der Waals surface area (Å²) in [7, 11) is -3.83. The number of H-pyrrole nitrogens is 1. The minimum atomic E-state index is -3.83. The number of imidazole rings is 1. The van der Waals surface area contributed by atoms with Gasteiger partial charge in [-0.1, -0.05) is 44.2 Å². The smallest absolute Gasteiger partial charge is 0.240 e. The summed E-state index contributed by atoms with van der Waals surface area (Å²) in [5, 5.41) is 2.65. The van der Waals surface area contributed by atoms with Crippen molar-refractivity contribution in [3.05, 3.63) is 54.1 Å². The van der Waals surface area contributed by atoms with Crippen LogP contribution in [0.2, 0.25) is 0 Å². The van der Waals surface area contributed by atoms with Crippen LogP contribution in [-0.2, 0) is 27.0 Å². The molecule has 4 atom stereocenters. The first-order valence-corrected chi connectivity index (χ1v) is 12.7. The van der Waals surface area contributed by atoms with Crippen molar-refractivity contribution in [3.8, 4) is 0 Å². The van der Waals surface area contributed by atoms with Gasteiger partial charge in [-0.05, 0) is 30.7 Å². The fourth-order valence-electron chi connectivity index (χ4n) is 3.57. The molecule has 0 saturated heterocycles. The van der Waals surface area contributed by atoms with Crippen molar-refractivity contribution in [1.29, 1.82) is 0 Å². The minimum absolute atomic E-state index is 0.103. The normalized spacial score (nSPS) is 16.2. The van der Waals surface area contributed by atoms with Crippen LogP contribution in [0.25, 0.3) is 0 Å². The molecule has 0 fully saturated rings. The monoisotopic (exact) mass is 463 g/mol. The maximum Gasteiger partial charge on any atom is 0.240 e. The number of benzene rings is 1. The van der Waals surface area contributed by atoms with Gasteiger partial charge in [0.05, 0.1) is 12.1 Å². The van der Waals surface area contributed by atoms with E-state index in [0.717, 1.165) is 5.56 Å². The van der Waals surface area contributed by atoms with Gasteiger partial charge in [0.1, 0.15) is 6.04 Å². The highest BCUT2D eigenvalue weighted by molar-refractivity contribution is 7.58. The summed E-state index contributed by atoms with van der Waals surface area (Å²) in [6.07, 6.45) is 4.21. The third-order valence-electron chi connectivity index (χ3n) is 5.34. The third-order valence-corrected chi connectivity index (χ3v) is 7.60. The van der Waals surface area contributed by atoms with Crippen molar-refractivity contribution in [2.45, 2.75) is 51.4 Å². The molecule has 32 heavy (non-hydrogen) atoms. The number of rotatable bonds is 13. The Morgan fingerprint density at radius 1 is 1.25 bits per heavy atom. The molecule has 0 bridgehead atoms. The van der Waals surface area contributed by atoms with E-state index in [0.29, 0.717) is 25.0 Å². The maximum absolute atomic E-state index is 13.1. The quantitative estimate of drug-likeness (QED) is 0.284. The molecule has 1 unspecified atom stereocenters. The van der Waals surface area contributed by atoms with E-state index in [1.165, 1.54) is 6.33 Å². The van der Waals surface area contributed by atoms with Crippen LogP contribution in [0.4, 0.5) is 0 Å². The number of primary amides is 1. The van der Waals surface area contributed by atoms with Gasteiger partial charge in [-0.25, -0.2) is 4.98 Å². The third kappa shape index (κ3) is 8.22. The van der Waals surface area contributed by atoms with E-state index in [1.807, 2.05) is 44.2 Å². The second-order valence-corrected chi connectivity index (χ2v) is 11.1. The van der Waals surface area contributed by atoms with E-state index < -0.39 is 36.9 Å². The Kier molecular flexibility index (Phi) is 9.62. The number of aromatic nitrogens is 2. The average Bonchev–Trinajstić information content (AvgIpc) is 3.24. The van der Waals surface area contributed by atoms with Crippen molar-refractivity contribution < 1.29 is 19.0 Å². The van der Waals surface area contributed by atoms with Gasteiger partial charge in [-0.2, -0.15) is 0 Å². The van der Waals surface area contributed by atoms with Crippen molar-refractivity contribution in [2.75, 3.05) is 6.16 Å². The van der Waals surface area contributed by atoms with Gasteiger partial charge in [0.2, 0.25) is 19.2 Å². The number of amides is 2. The summed E-state index contributed by atoms with van der Waals surface area (Å²) in [4.78, 5) is 42.3. The number of nitrogens with two attached hydrogens (primary N) is 2. The Morgan fingerprint density at radius 2 is 1.94 bits per heavy atom. The first-order chi connectivity index (χ1) is 15.1. The number of hydrogen-bond donors (Lipinski definition) is 5. The van der Waals surface area contributed by atoms with E-state index in [4.69, 9.17) is 11.5 Å². The molecule has 176 valence electrons. The van der Waals surface area contributed by atoms with Crippen molar-refractivity contribution in [1.82, 2.24) is 15.3 Å². The number of nitrogens with zero attached hydrogens (tertiary/aromatic N) is 1. The lowest BCUT2D eigenvalue weighted by Crippen LogP contribution is -2.48. The fraction of sp³-hybridized carbons (Fsp3) is 0.500. The van der Waals surface area contributed by atoms with Crippen LogP contribution in [0.15, 0.2) is 42.9 Å². The van der Waals surface area contributed by atoms with Gasteiger partial charge in [-0.3, -0.25) is 14.2 Å². The predicted octanol–water partition coefficient (Wildman–Crippen LogP) is 1.77. The number of carbonyl (C=O) groups is 2. The zero-order chi connectivity index (χ0) is 23.7. The first-order valence-electron chi connectivity index (χ1n) is 10.8. The van der Waals surface area contributed by atoms with Crippen molar-refractivity contribution in [2.24, 2.45) is 23.3 Å². The van der Waals surface area contributed by atoms with Gasteiger partial charge in [0.25, 0.3) is 0 Å². The number of aryl methyl sites for hydroxylation is 1. The lowest BCUT2D eigenvalue weighted by Gasteiger charge is -2.26. The van der Waals surface area contributed by atoms with Crippen LogP contribution in [0.1, 0.15) is 37.9 Å². The van der Waals surface area contributed by atoms with Crippen LogP contribution in [-0.4, -0.2) is 44.7 Å². The Hall–Kier alpha value is -2.48. The number of nitrogens with one attached hydrogen (secondary N) is 2. The Morgan fingerprint density at radius 3 is 2.50 bits per heavy atom. The van der Waals surface area contributed by atoms with Crippen molar-refractivity contribution in [3.63, 3.8) is 0 Å². The highest BCUT2D eigenvalue weighted by Gasteiger charge is 2.35. The molecule has 2 amide bonds. The number of aromatic amines is 1. The Balaban J connectivity index is 2.05. The maximum atomic E-state index is 13.1. The molecule has 0 aliphatic heterocycles. The van der Waals surface area contributed by atoms with Crippen LogP contribution in [0.3, 0.4) is 0 Å². The summed E-state index contributed by atoms with van der Waals surface area (Å²) in [5.41, 5.74) is 13.2. The molecule has 2 aromatic rings. The van der Waals surface area contributed by atoms with Gasteiger partial charge < -0.3 is 26.7 Å². The van der Waals surface area contributed by atoms with E-state index >= 15 is 0 Å². The molecule has 1 heterocycles. The SMILES string of the molecule is CC(C)C[C@H](CP(=O)(O)[C@@H](N)CCc1ccccc1)C(=O)N[C@@H](Cc1cnc[nH]1)C(N)=O. The fourth-order valence-corrected chi connectivity index (χ4v) is 5.32. The molecule has 9 nitrogen and oxygen atoms in total. The van der Waals surface area contributed by atoms with Gasteiger partial charge in [0, 0.05) is 30.4 Å². The summed E-state index contributed by atoms with van der Waals surface area (Å²) in [6.45, 7) is 3.85. The minimum Gasteiger partial charge on any atom is -0.368 e. The lowest BCUT2D eigenvalue weighted by atomic mass is 9.97. The van der Waals surface area contributed by atoms with E-state index in [-0.39, 0.29) is 18.5 Å². The molecular weight excluding hydrogens is 429 g/mol. The molecule has 0 saturated carbocycles. The average molecular weight is 464 g/mol. The first kappa shape index (κ1) is 25.8. The predicted molar refractivity (Wildman–Crippen MR) is 124 cm³/mol. The molecule has 1 aromatic carbocycles. The van der Waals surface area contributed by atoms with Crippen LogP contribution in [0.5, 0.6) is 0 Å². The Bertz CT molecular complexity index is 904. The van der Waals surface area contributed by atoms with Crippen LogP contribution >= 0.6 is 7.37 Å². The van der Waals surface area contributed by atoms with E-state index in [2.05, 4.69) is 15.3 Å². The standard InChI is InChI=1S/C22H34N5O4P/c1-15(2)10-17(22(29)27-19(21(24)28)11-18-12-25-14-26-18)13-32(30,31)20(23)9-8-16-6-4-3-5-7-16/h3-7,12,14-15,17,19-20H,8-11,13,23H2,1-2H3,(H2,24,28)(H,25,26)(H,27,29)(H,30,31)/t17-,19+,20-/m1/s1. The highest BCUT2D eigenvalue weighted by Crippen LogP contribution is 2.48. The molecule has 2 rings (SSSR count). The van der Waals surface area contributed by atoms with E-state index in [1.54, 1.807) is 6.20 Å². The molecule has 0 aliphatic carbocycles. The second-order valence-electron chi connectivity index (χ2n) is 8.60. The van der Waals surface area contributed by atoms with Gasteiger partial charge in [0.15, 0.2) is 0 Å². The van der Waals surface area contributed by atoms with E-state index in [9.17, 15) is 19.0 Å². The molecule has 0 aliphatic rings. The molecule has 10 heteroatoms. The zero-order valence-corrected chi connectivity index (χ0v) is 19.5. The van der Waals surface area contributed by atoms with Crippen LogP contribution < -0.4 is 16.8 Å². The molecule has 0 spiro atoms. The number of carbonyl (C=O) groups excluding carboxylic acids is 2. The van der Waals surface area contributed by atoms with Gasteiger partial charge in [-0.15, -0.1) is 0 Å². The molecule has 7 N–H and O–H groups in total. The van der Waals surface area contributed by atoms with Crippen molar-refractivity contribution >= 4 is 19.2 Å². The zero-order valence-electron chi connectivity index (χ0n) is 18.6. The Labute approximate surface area is 188 Å². The summed E-state index contributed by atoms with van der Waals surface area (Å²) >= 11 is 0. The topological polar surface area (TPSA) is 164 Å². The summed E-state index contributed by atoms with van der Waals surface area (Å²) in [6, 6.07) is 8.63. The number of hydrogen-bond acceptors (Lipinski definition) is 5. The highest BCUT2D eigenvalue weighted by atomic mass is 31.2.